The van der Waals surface area contributed by atoms with Gasteiger partial charge in [-0.1, -0.05) is 46.3 Å². The van der Waals surface area contributed by atoms with E-state index >= 15 is 0 Å². The Morgan fingerprint density at radius 3 is 2.46 bits per heavy atom. The van der Waals surface area contributed by atoms with Crippen LogP contribution in [0, 0.1) is 28.1 Å². The van der Waals surface area contributed by atoms with Crippen molar-refractivity contribution in [2.75, 3.05) is 0 Å². The second-order valence-corrected chi connectivity index (χ2v) is 7.04. The second-order valence-electron chi connectivity index (χ2n) is 6.12. The molecule has 2 N–H and O–H groups in total. The molecule has 1 heterocycles. The number of hydrogen-bond acceptors (Lipinski definition) is 6. The van der Waals surface area contributed by atoms with Crippen LogP contribution in [0.2, 0.25) is 0 Å². The molecule has 2 aromatic carbocycles. The predicted octanol–water partition coefficient (Wildman–Crippen LogP) is 2.74. The maximum atomic E-state index is 12.8. The second kappa shape index (κ2) is 6.45. The van der Waals surface area contributed by atoms with Crippen LogP contribution in [0.25, 0.3) is 5.70 Å². The molecule has 0 bridgehead atoms. The Labute approximate surface area is 168 Å². The zero-order chi connectivity index (χ0) is 19.9. The molecule has 2 aliphatic rings. The number of nitrogens with zero attached hydrogens (tertiary/aromatic N) is 3. The quantitative estimate of drug-likeness (QED) is 0.672. The molecule has 0 unspecified atom stereocenters. The number of halogens is 1. The average Bonchev–Trinajstić information content (AvgIpc) is 3.19. The molecule has 0 atom stereocenters. The lowest BCUT2D eigenvalue weighted by atomic mass is 9.81. The number of ketones is 1. The van der Waals surface area contributed by atoms with Crippen LogP contribution in [-0.2, 0) is 0 Å². The third-order valence-corrected chi connectivity index (χ3v) is 5.05. The van der Waals surface area contributed by atoms with Crippen molar-refractivity contribution in [1.82, 2.24) is 10.9 Å². The molecule has 0 fully saturated rings. The number of rotatable bonds is 1. The summed E-state index contributed by atoms with van der Waals surface area (Å²) in [5, 5.41) is 19.5. The number of aliphatic imine (C=N–C) groups is 1. The molecule has 4 rings (SSSR count). The van der Waals surface area contributed by atoms with Crippen LogP contribution in [-0.4, -0.2) is 17.5 Å². The van der Waals surface area contributed by atoms with E-state index in [9.17, 15) is 20.1 Å². The number of carbonyl (C=O) groups is 2. The predicted molar refractivity (Wildman–Crippen MR) is 104 cm³/mol. The van der Waals surface area contributed by atoms with E-state index in [4.69, 9.17) is 0 Å². The minimum atomic E-state index is -1.92. The minimum absolute atomic E-state index is 0.0119. The SMILES string of the molecule is N#CC1(C#N)C(NNC(=O)c2cccc(Br)c2)=NC2=C1C(=O)c1ccccc12. The van der Waals surface area contributed by atoms with Gasteiger partial charge in [0.1, 0.15) is 0 Å². The van der Waals surface area contributed by atoms with Gasteiger partial charge in [0.05, 0.1) is 23.4 Å². The van der Waals surface area contributed by atoms with Crippen LogP contribution >= 0.6 is 15.9 Å². The van der Waals surface area contributed by atoms with Crippen LogP contribution in [0.1, 0.15) is 26.3 Å². The number of benzene rings is 2. The summed E-state index contributed by atoms with van der Waals surface area (Å²) >= 11 is 3.29. The lowest BCUT2D eigenvalue weighted by Crippen LogP contribution is -2.48. The Morgan fingerprint density at radius 2 is 1.79 bits per heavy atom. The number of nitriles is 2. The lowest BCUT2D eigenvalue weighted by Gasteiger charge is -2.19. The van der Waals surface area contributed by atoms with Gasteiger partial charge >= 0.3 is 0 Å². The smallest absolute Gasteiger partial charge is 0.269 e. The molecule has 0 saturated heterocycles. The number of amides is 1. The zero-order valence-electron chi connectivity index (χ0n) is 14.2. The normalized spacial score (nSPS) is 15.8. The Morgan fingerprint density at radius 1 is 1.07 bits per heavy atom. The first-order valence-electron chi connectivity index (χ1n) is 8.14. The molecule has 1 aliphatic heterocycles. The van der Waals surface area contributed by atoms with Gasteiger partial charge in [-0.2, -0.15) is 10.5 Å². The summed E-state index contributed by atoms with van der Waals surface area (Å²) in [6.45, 7) is 0. The van der Waals surface area contributed by atoms with Gasteiger partial charge in [-0.15, -0.1) is 0 Å². The molecule has 0 spiro atoms. The van der Waals surface area contributed by atoms with Crippen LogP contribution in [0.15, 0.2) is 63.6 Å². The molecule has 28 heavy (non-hydrogen) atoms. The van der Waals surface area contributed by atoms with Gasteiger partial charge in [0.25, 0.3) is 5.91 Å². The van der Waals surface area contributed by atoms with Crippen molar-refractivity contribution in [2.45, 2.75) is 0 Å². The first-order chi connectivity index (χ1) is 13.5. The van der Waals surface area contributed by atoms with Gasteiger partial charge < -0.3 is 0 Å². The fourth-order valence-corrected chi connectivity index (χ4v) is 3.62. The number of hydrazine groups is 1. The van der Waals surface area contributed by atoms with E-state index in [1.807, 2.05) is 12.1 Å². The number of amidine groups is 1. The number of fused-ring (bicyclic) bond motifs is 2. The topological polar surface area (TPSA) is 118 Å². The van der Waals surface area contributed by atoms with E-state index < -0.39 is 17.1 Å². The first kappa shape index (κ1) is 17.7. The van der Waals surface area contributed by atoms with Gasteiger partial charge in [-0.3, -0.25) is 20.4 Å². The molecule has 0 aromatic heterocycles. The summed E-state index contributed by atoms with van der Waals surface area (Å²) < 4.78 is 0.726. The lowest BCUT2D eigenvalue weighted by molar-refractivity contribution is 0.0943. The van der Waals surface area contributed by atoms with Gasteiger partial charge in [0.2, 0.25) is 5.41 Å². The highest BCUT2D eigenvalue weighted by Gasteiger charge is 2.54. The fourth-order valence-electron chi connectivity index (χ4n) is 3.22. The maximum Gasteiger partial charge on any atom is 0.269 e. The molecule has 0 saturated carbocycles. The average molecular weight is 432 g/mol. The molecule has 7 nitrogen and oxygen atoms in total. The van der Waals surface area contributed by atoms with Crippen molar-refractivity contribution < 1.29 is 9.59 Å². The Bertz CT molecular complexity index is 1190. The monoisotopic (exact) mass is 431 g/mol. The van der Waals surface area contributed by atoms with Crippen LogP contribution in [0.5, 0.6) is 0 Å². The highest BCUT2D eigenvalue weighted by atomic mass is 79.9. The standard InChI is InChI=1S/C20H10BrN5O2/c21-12-5-3-4-11(8-12)18(28)25-26-19-20(9-22,10-23)15-16(24-19)13-6-1-2-7-14(13)17(15)27/h1-8H,(H,24,26)(H,25,28). The molecule has 1 amide bonds. The summed E-state index contributed by atoms with van der Waals surface area (Å²) in [4.78, 5) is 29.5. The molecule has 2 aromatic rings. The van der Waals surface area contributed by atoms with Gasteiger partial charge in [-0.05, 0) is 18.2 Å². The minimum Gasteiger partial charge on any atom is -0.289 e. The van der Waals surface area contributed by atoms with E-state index in [-0.39, 0.29) is 17.1 Å². The fraction of sp³-hybridized carbons (Fsp3) is 0.0500. The van der Waals surface area contributed by atoms with E-state index in [1.165, 1.54) is 0 Å². The largest absolute Gasteiger partial charge is 0.289 e. The van der Waals surface area contributed by atoms with Gasteiger partial charge in [0.15, 0.2) is 11.6 Å². The van der Waals surface area contributed by atoms with Crippen LogP contribution in [0.4, 0.5) is 0 Å². The number of hydrogen-bond donors (Lipinski definition) is 2. The zero-order valence-corrected chi connectivity index (χ0v) is 15.7. The third kappa shape index (κ3) is 2.43. The third-order valence-electron chi connectivity index (χ3n) is 4.56. The number of carbonyl (C=O) groups excluding carboxylic acids is 2. The van der Waals surface area contributed by atoms with Crippen LogP contribution in [0.3, 0.4) is 0 Å². The Hall–Kier alpha value is -3.75. The molecule has 8 heteroatoms. The summed E-state index contributed by atoms with van der Waals surface area (Å²) in [7, 11) is 0. The highest BCUT2D eigenvalue weighted by Crippen LogP contribution is 2.47. The molecular formula is C20H10BrN5O2. The summed E-state index contributed by atoms with van der Waals surface area (Å²) in [6, 6.07) is 17.3. The highest BCUT2D eigenvalue weighted by molar-refractivity contribution is 9.10. The van der Waals surface area contributed by atoms with E-state index in [2.05, 4.69) is 31.8 Å². The van der Waals surface area contributed by atoms with Crippen molar-refractivity contribution in [1.29, 1.82) is 10.5 Å². The molecule has 0 radical (unpaired) electrons. The van der Waals surface area contributed by atoms with Crippen molar-refractivity contribution >= 4 is 39.2 Å². The van der Waals surface area contributed by atoms with Crippen LogP contribution < -0.4 is 10.9 Å². The maximum absolute atomic E-state index is 12.8. The number of nitrogens with one attached hydrogen (secondary N) is 2. The first-order valence-corrected chi connectivity index (χ1v) is 8.93. The Balaban J connectivity index is 1.67. The molecule has 134 valence electrons. The summed E-state index contributed by atoms with van der Waals surface area (Å²) in [5.74, 6) is -0.992. The molecule has 1 aliphatic carbocycles. The van der Waals surface area contributed by atoms with E-state index in [1.54, 1.807) is 48.5 Å². The van der Waals surface area contributed by atoms with Crippen molar-refractivity contribution in [3.63, 3.8) is 0 Å². The van der Waals surface area contributed by atoms with E-state index in [0.29, 0.717) is 16.7 Å². The summed E-state index contributed by atoms with van der Waals surface area (Å²) in [5.41, 5.74) is 4.71. The van der Waals surface area contributed by atoms with Crippen molar-refractivity contribution in [3.05, 3.63) is 75.3 Å². The number of Topliss-reactive ketones (excluding diaryl/α,β-unsaturated/α-hetero) is 1. The van der Waals surface area contributed by atoms with Gasteiger partial charge in [0, 0.05) is 21.2 Å². The summed E-state index contributed by atoms with van der Waals surface area (Å²) in [6.07, 6.45) is 0. The van der Waals surface area contributed by atoms with Gasteiger partial charge in [-0.25, -0.2) is 4.99 Å². The van der Waals surface area contributed by atoms with Crippen molar-refractivity contribution in [2.24, 2.45) is 10.4 Å². The van der Waals surface area contributed by atoms with Crippen molar-refractivity contribution in [3.8, 4) is 12.1 Å². The Kier molecular flexibility index (Phi) is 4.07. The molecular weight excluding hydrogens is 422 g/mol. The van der Waals surface area contributed by atoms with E-state index in [0.717, 1.165) is 4.47 Å².